The van der Waals surface area contributed by atoms with Gasteiger partial charge >= 0.3 is 6.18 Å². The average molecular weight is 461 g/mol. The van der Waals surface area contributed by atoms with Crippen molar-refractivity contribution in [2.75, 3.05) is 37.7 Å². The Kier molecular flexibility index (Phi) is 7.14. The number of oxime groups is 1. The number of carbonyl (C=O) groups is 3. The molecule has 12 heteroatoms. The van der Waals surface area contributed by atoms with Crippen LogP contribution in [0.1, 0.15) is 24.8 Å². The van der Waals surface area contributed by atoms with Crippen molar-refractivity contribution in [3.63, 3.8) is 0 Å². The topological polar surface area (TPSA) is 92.2 Å². The number of ketones is 2. The molecule has 1 aliphatic carbocycles. The van der Waals surface area contributed by atoms with Gasteiger partial charge in [0.2, 0.25) is 0 Å². The Hall–Kier alpha value is -2.69. The molecule has 2 fully saturated rings. The Morgan fingerprint density at radius 3 is 2.45 bits per heavy atom. The predicted molar refractivity (Wildman–Crippen MR) is 105 cm³/mol. The molecule has 1 saturated heterocycles. The van der Waals surface area contributed by atoms with Gasteiger partial charge in [-0.1, -0.05) is 16.8 Å². The molecule has 0 radical (unpaired) electrons. The van der Waals surface area contributed by atoms with Gasteiger partial charge in [0.15, 0.2) is 6.61 Å². The fourth-order valence-corrected chi connectivity index (χ4v) is 3.65. The van der Waals surface area contributed by atoms with Crippen molar-refractivity contribution in [2.24, 2.45) is 11.1 Å². The first-order chi connectivity index (χ1) is 14.7. The molecule has 2 heterocycles. The van der Waals surface area contributed by atoms with E-state index in [2.05, 4.69) is 10.1 Å². The lowest BCUT2D eigenvalue weighted by atomic mass is 9.88. The molecule has 2 aliphatic rings. The predicted octanol–water partition coefficient (Wildman–Crippen LogP) is 2.34. The Balaban J connectivity index is 1.47. The molecule has 31 heavy (non-hydrogen) atoms. The second-order valence-corrected chi connectivity index (χ2v) is 7.59. The van der Waals surface area contributed by atoms with Crippen LogP contribution in [0.5, 0.6) is 0 Å². The summed E-state index contributed by atoms with van der Waals surface area (Å²) in [6.07, 6.45) is -1.48. The molecule has 168 valence electrons. The van der Waals surface area contributed by atoms with Crippen LogP contribution in [-0.2, 0) is 25.4 Å². The quantitative estimate of drug-likeness (QED) is 0.380. The van der Waals surface area contributed by atoms with Crippen LogP contribution in [0.4, 0.5) is 19.0 Å². The summed E-state index contributed by atoms with van der Waals surface area (Å²) in [6, 6.07) is 0.828. The lowest BCUT2D eigenvalue weighted by molar-refractivity contribution is -0.138. The summed E-state index contributed by atoms with van der Waals surface area (Å²) in [4.78, 5) is 47.6. The van der Waals surface area contributed by atoms with E-state index >= 15 is 0 Å². The number of amides is 1. The molecule has 1 aromatic rings. The number of halogens is 4. The van der Waals surface area contributed by atoms with E-state index < -0.39 is 17.7 Å². The summed E-state index contributed by atoms with van der Waals surface area (Å²) in [7, 11) is 0. The van der Waals surface area contributed by atoms with E-state index in [0.29, 0.717) is 45.4 Å². The van der Waals surface area contributed by atoms with E-state index in [4.69, 9.17) is 16.4 Å². The third-order valence-corrected chi connectivity index (χ3v) is 5.37. The number of rotatable bonds is 5. The van der Waals surface area contributed by atoms with Crippen molar-refractivity contribution in [2.45, 2.75) is 25.4 Å². The van der Waals surface area contributed by atoms with Gasteiger partial charge in [0, 0.05) is 45.2 Å². The standard InChI is InChI=1S/C19H20ClF3N4O4/c20-14-8-12(19(21,22)23)9-24-18(14)27-6-4-26(5-7-27)17(30)11-31-25-10-13-15(28)2-1-3-16(13)29/h8-10,13H,1-7,11H2. The molecule has 0 N–H and O–H groups in total. The summed E-state index contributed by atoms with van der Waals surface area (Å²) < 4.78 is 38.2. The van der Waals surface area contributed by atoms with Crippen molar-refractivity contribution in [3.05, 3.63) is 22.8 Å². The molecule has 1 aromatic heterocycles. The second kappa shape index (κ2) is 9.63. The molecule has 0 bridgehead atoms. The number of aromatic nitrogens is 1. The number of nitrogens with zero attached hydrogens (tertiary/aromatic N) is 4. The van der Waals surface area contributed by atoms with E-state index in [1.54, 1.807) is 4.90 Å². The Morgan fingerprint density at radius 2 is 1.87 bits per heavy atom. The van der Waals surface area contributed by atoms with Crippen molar-refractivity contribution in [1.29, 1.82) is 0 Å². The maximum atomic E-state index is 12.7. The van der Waals surface area contributed by atoms with Crippen LogP contribution >= 0.6 is 11.6 Å². The first-order valence-electron chi connectivity index (χ1n) is 9.63. The van der Waals surface area contributed by atoms with E-state index in [1.165, 1.54) is 4.90 Å². The molecular weight excluding hydrogens is 441 g/mol. The zero-order valence-electron chi connectivity index (χ0n) is 16.4. The van der Waals surface area contributed by atoms with Gasteiger partial charge in [-0.25, -0.2) is 4.98 Å². The SMILES string of the molecule is O=C1CCCC(=O)C1C=NOCC(=O)N1CCN(c2ncc(C(F)(F)F)cc2Cl)CC1. The van der Waals surface area contributed by atoms with E-state index in [0.717, 1.165) is 18.5 Å². The van der Waals surface area contributed by atoms with Gasteiger partial charge in [-0.2, -0.15) is 13.2 Å². The van der Waals surface area contributed by atoms with Crippen molar-refractivity contribution in [1.82, 2.24) is 9.88 Å². The minimum Gasteiger partial charge on any atom is -0.386 e. The average Bonchev–Trinajstić information content (AvgIpc) is 2.72. The number of carbonyl (C=O) groups excluding carboxylic acids is 3. The monoisotopic (exact) mass is 460 g/mol. The third kappa shape index (κ3) is 5.72. The molecule has 1 saturated carbocycles. The summed E-state index contributed by atoms with van der Waals surface area (Å²) in [5, 5.41) is 3.48. The number of anilines is 1. The smallest absolute Gasteiger partial charge is 0.386 e. The molecule has 0 spiro atoms. The van der Waals surface area contributed by atoms with Gasteiger partial charge in [-0.3, -0.25) is 14.4 Å². The van der Waals surface area contributed by atoms with Gasteiger partial charge in [-0.05, 0) is 12.5 Å². The number of hydrogen-bond acceptors (Lipinski definition) is 7. The van der Waals surface area contributed by atoms with Gasteiger partial charge in [0.05, 0.1) is 16.8 Å². The highest BCUT2D eigenvalue weighted by molar-refractivity contribution is 6.33. The Morgan fingerprint density at radius 1 is 1.23 bits per heavy atom. The molecular formula is C19H20ClF3N4O4. The van der Waals surface area contributed by atoms with Gasteiger partial charge in [0.25, 0.3) is 5.91 Å². The largest absolute Gasteiger partial charge is 0.417 e. The van der Waals surface area contributed by atoms with Crippen LogP contribution in [0.25, 0.3) is 0 Å². The van der Waals surface area contributed by atoms with Crippen molar-refractivity contribution >= 4 is 41.1 Å². The number of hydrogen-bond donors (Lipinski definition) is 0. The number of piperazine rings is 1. The summed E-state index contributed by atoms with van der Waals surface area (Å²) in [5.41, 5.74) is -0.926. The molecule has 3 rings (SSSR count). The van der Waals surface area contributed by atoms with Crippen LogP contribution < -0.4 is 4.90 Å². The lowest BCUT2D eigenvalue weighted by Gasteiger charge is -2.35. The fraction of sp³-hybridized carbons (Fsp3) is 0.526. The molecule has 0 aromatic carbocycles. The van der Waals surface area contributed by atoms with E-state index in [9.17, 15) is 27.6 Å². The fourth-order valence-electron chi connectivity index (χ4n) is 3.37. The highest BCUT2D eigenvalue weighted by Crippen LogP contribution is 2.33. The van der Waals surface area contributed by atoms with Gasteiger partial charge in [-0.15, -0.1) is 0 Å². The molecule has 8 nitrogen and oxygen atoms in total. The third-order valence-electron chi connectivity index (χ3n) is 5.09. The Bertz CT molecular complexity index is 869. The maximum absolute atomic E-state index is 12.7. The van der Waals surface area contributed by atoms with Crippen molar-refractivity contribution < 1.29 is 32.4 Å². The van der Waals surface area contributed by atoms with Crippen LogP contribution in [0.15, 0.2) is 17.4 Å². The summed E-state index contributed by atoms with van der Waals surface area (Å²) in [5.74, 6) is -1.44. The number of pyridine rings is 1. The number of Topliss-reactive ketones (excluding diaryl/α,β-unsaturated/α-hetero) is 2. The van der Waals surface area contributed by atoms with E-state index in [-0.39, 0.29) is 34.9 Å². The second-order valence-electron chi connectivity index (χ2n) is 7.19. The van der Waals surface area contributed by atoms with Crippen LogP contribution in [0.3, 0.4) is 0 Å². The lowest BCUT2D eigenvalue weighted by Crippen LogP contribution is -2.50. The zero-order valence-corrected chi connectivity index (χ0v) is 17.2. The molecule has 1 aliphatic heterocycles. The molecule has 1 amide bonds. The summed E-state index contributed by atoms with van der Waals surface area (Å²) in [6.45, 7) is 0.899. The molecule has 0 unspecified atom stereocenters. The molecule has 0 atom stereocenters. The van der Waals surface area contributed by atoms with Crippen LogP contribution in [0, 0.1) is 5.92 Å². The maximum Gasteiger partial charge on any atom is 0.417 e. The first kappa shape index (κ1) is 23.0. The first-order valence-corrected chi connectivity index (χ1v) is 10.0. The number of alkyl halides is 3. The van der Waals surface area contributed by atoms with E-state index in [1.807, 2.05) is 0 Å². The zero-order chi connectivity index (χ0) is 22.6. The normalized spacial score (nSPS) is 18.7. The van der Waals surface area contributed by atoms with Crippen LogP contribution in [0.2, 0.25) is 5.02 Å². The van der Waals surface area contributed by atoms with Crippen molar-refractivity contribution in [3.8, 4) is 0 Å². The Labute approximate surface area is 181 Å². The summed E-state index contributed by atoms with van der Waals surface area (Å²) >= 11 is 5.97. The minimum atomic E-state index is -4.53. The highest BCUT2D eigenvalue weighted by Gasteiger charge is 2.32. The van der Waals surface area contributed by atoms with Gasteiger partial charge in [0.1, 0.15) is 23.3 Å². The van der Waals surface area contributed by atoms with Crippen LogP contribution in [-0.4, -0.2) is 66.4 Å². The van der Waals surface area contributed by atoms with Gasteiger partial charge < -0.3 is 14.6 Å². The highest BCUT2D eigenvalue weighted by atomic mass is 35.5. The minimum absolute atomic E-state index is 0.112.